The van der Waals surface area contributed by atoms with Crippen LogP contribution in [0, 0.1) is 0 Å². The minimum Gasteiger partial charge on any atom is -0.384 e. The molecule has 100 valence electrons. The van der Waals surface area contributed by atoms with Gasteiger partial charge in [-0.05, 0) is 17.8 Å². The Hall–Kier alpha value is -1.15. The number of pyridine rings is 1. The first-order chi connectivity index (χ1) is 8.29. The minimum absolute atomic E-state index is 0.0844. The summed E-state index contributed by atoms with van der Waals surface area (Å²) in [5.74, 6) is -0.751. The van der Waals surface area contributed by atoms with E-state index in [1.165, 1.54) is 12.3 Å². The third-order valence-electron chi connectivity index (χ3n) is 1.77. The van der Waals surface area contributed by atoms with Gasteiger partial charge in [-0.1, -0.05) is 11.6 Å². The maximum Gasteiger partial charge on any atom is 0.441 e. The van der Waals surface area contributed by atoms with E-state index in [0.717, 1.165) is 0 Å². The molecule has 1 aromatic rings. The lowest BCUT2D eigenvalue weighted by Gasteiger charge is -2.08. The lowest BCUT2D eigenvalue weighted by Crippen LogP contribution is -2.27. The molecule has 0 aliphatic carbocycles. The fraction of sp³-hybridized carbons (Fsp3) is 0.333. The summed E-state index contributed by atoms with van der Waals surface area (Å²) in [4.78, 5) is 15.2. The van der Waals surface area contributed by atoms with E-state index in [1.807, 2.05) is 0 Å². The normalized spacial score (nSPS) is 11.3. The van der Waals surface area contributed by atoms with Gasteiger partial charge in [0.25, 0.3) is 5.91 Å². The van der Waals surface area contributed by atoms with Crippen LogP contribution in [-0.4, -0.2) is 28.7 Å². The standard InChI is InChI=1S/C9H9ClF3N3OS/c10-6-4-16-7(14)3-5(6)8(17)15-1-2-18-9(11,12)13/h3-4H,1-2H2,(H2,14,16)(H,15,17). The second kappa shape index (κ2) is 6.14. The van der Waals surface area contributed by atoms with Crippen LogP contribution in [0.15, 0.2) is 12.3 Å². The zero-order valence-electron chi connectivity index (χ0n) is 8.92. The van der Waals surface area contributed by atoms with Crippen LogP contribution in [-0.2, 0) is 0 Å². The van der Waals surface area contributed by atoms with Crippen LogP contribution in [0.25, 0.3) is 0 Å². The van der Waals surface area contributed by atoms with E-state index in [4.69, 9.17) is 17.3 Å². The summed E-state index contributed by atoms with van der Waals surface area (Å²) in [6.07, 6.45) is 1.20. The smallest absolute Gasteiger partial charge is 0.384 e. The van der Waals surface area contributed by atoms with Crippen molar-refractivity contribution in [1.29, 1.82) is 0 Å². The van der Waals surface area contributed by atoms with Crippen molar-refractivity contribution in [2.24, 2.45) is 0 Å². The summed E-state index contributed by atoms with van der Waals surface area (Å²) in [5.41, 5.74) is 1.16. The molecule has 1 rings (SSSR count). The Labute approximate surface area is 110 Å². The monoisotopic (exact) mass is 299 g/mol. The van der Waals surface area contributed by atoms with Crippen LogP contribution in [0.1, 0.15) is 10.4 Å². The van der Waals surface area contributed by atoms with Gasteiger partial charge in [-0.15, -0.1) is 0 Å². The number of rotatable bonds is 4. The lowest BCUT2D eigenvalue weighted by molar-refractivity contribution is -0.0327. The third kappa shape index (κ3) is 5.01. The molecule has 0 aliphatic heterocycles. The summed E-state index contributed by atoms with van der Waals surface area (Å²) in [5, 5.41) is 2.40. The zero-order valence-corrected chi connectivity index (χ0v) is 10.5. The molecule has 4 nitrogen and oxygen atoms in total. The van der Waals surface area contributed by atoms with E-state index in [1.54, 1.807) is 0 Å². The molecule has 9 heteroatoms. The van der Waals surface area contributed by atoms with Gasteiger partial charge in [-0.3, -0.25) is 4.79 Å². The van der Waals surface area contributed by atoms with E-state index in [9.17, 15) is 18.0 Å². The van der Waals surface area contributed by atoms with Gasteiger partial charge in [0.2, 0.25) is 0 Å². The first kappa shape index (κ1) is 14.9. The van der Waals surface area contributed by atoms with E-state index in [0.29, 0.717) is 0 Å². The van der Waals surface area contributed by atoms with Crippen molar-refractivity contribution in [1.82, 2.24) is 10.3 Å². The minimum atomic E-state index is -4.30. The van der Waals surface area contributed by atoms with Gasteiger partial charge in [0.1, 0.15) is 5.82 Å². The second-order valence-electron chi connectivity index (χ2n) is 3.14. The highest BCUT2D eigenvalue weighted by atomic mass is 35.5. The lowest BCUT2D eigenvalue weighted by atomic mass is 10.2. The summed E-state index contributed by atoms with van der Waals surface area (Å²) in [6.45, 7) is -0.123. The van der Waals surface area contributed by atoms with Crippen molar-refractivity contribution in [3.63, 3.8) is 0 Å². The first-order valence-electron chi connectivity index (χ1n) is 4.69. The number of nitrogens with one attached hydrogen (secondary N) is 1. The van der Waals surface area contributed by atoms with Gasteiger partial charge in [0.05, 0.1) is 10.6 Å². The quantitative estimate of drug-likeness (QED) is 0.837. The number of anilines is 1. The largest absolute Gasteiger partial charge is 0.441 e. The zero-order chi connectivity index (χ0) is 13.8. The molecule has 0 unspecified atom stereocenters. The Kier molecular flexibility index (Phi) is 5.09. The van der Waals surface area contributed by atoms with Crippen LogP contribution in [0.2, 0.25) is 5.02 Å². The van der Waals surface area contributed by atoms with E-state index in [-0.39, 0.29) is 40.5 Å². The number of nitrogens with zero attached hydrogens (tertiary/aromatic N) is 1. The Balaban J connectivity index is 2.48. The molecule has 18 heavy (non-hydrogen) atoms. The van der Waals surface area contributed by atoms with Crippen molar-refractivity contribution >= 4 is 35.1 Å². The Morgan fingerprint density at radius 2 is 2.22 bits per heavy atom. The Morgan fingerprint density at radius 3 is 2.83 bits per heavy atom. The van der Waals surface area contributed by atoms with Crippen LogP contribution < -0.4 is 11.1 Å². The molecule has 0 aliphatic rings. The fourth-order valence-electron chi connectivity index (χ4n) is 1.06. The Bertz CT molecular complexity index is 442. The van der Waals surface area contributed by atoms with E-state index < -0.39 is 11.4 Å². The van der Waals surface area contributed by atoms with Gasteiger partial charge in [-0.25, -0.2) is 4.98 Å². The molecule has 0 aromatic carbocycles. The predicted octanol–water partition coefficient (Wildman–Crippen LogP) is 2.30. The molecule has 0 bridgehead atoms. The third-order valence-corrected chi connectivity index (χ3v) is 2.81. The molecular formula is C9H9ClF3N3OS. The van der Waals surface area contributed by atoms with Gasteiger partial charge < -0.3 is 11.1 Å². The summed E-state index contributed by atoms with van der Waals surface area (Å²) >= 11 is 5.51. The van der Waals surface area contributed by atoms with Crippen molar-refractivity contribution in [3.05, 3.63) is 22.8 Å². The number of aromatic nitrogens is 1. The highest BCUT2D eigenvalue weighted by Crippen LogP contribution is 2.29. The number of nitrogens with two attached hydrogens (primary N) is 1. The number of carbonyl (C=O) groups excluding carboxylic acids is 1. The molecule has 0 spiro atoms. The predicted molar refractivity (Wildman–Crippen MR) is 64.5 cm³/mol. The number of amides is 1. The number of thioether (sulfide) groups is 1. The number of hydrogen-bond donors (Lipinski definition) is 2. The summed E-state index contributed by atoms with van der Waals surface area (Å²) in [7, 11) is 0. The number of hydrogen-bond acceptors (Lipinski definition) is 4. The van der Waals surface area contributed by atoms with E-state index in [2.05, 4.69) is 10.3 Å². The average molecular weight is 300 g/mol. The van der Waals surface area contributed by atoms with Gasteiger partial charge in [-0.2, -0.15) is 13.2 Å². The fourth-order valence-corrected chi connectivity index (χ4v) is 1.68. The topological polar surface area (TPSA) is 68.0 Å². The highest BCUT2D eigenvalue weighted by Gasteiger charge is 2.27. The van der Waals surface area contributed by atoms with Gasteiger partial charge in [0.15, 0.2) is 0 Å². The van der Waals surface area contributed by atoms with E-state index >= 15 is 0 Å². The number of alkyl halides is 3. The molecule has 0 atom stereocenters. The van der Waals surface area contributed by atoms with Crippen LogP contribution >= 0.6 is 23.4 Å². The van der Waals surface area contributed by atoms with Crippen LogP contribution in [0.3, 0.4) is 0 Å². The molecule has 3 N–H and O–H groups in total. The van der Waals surface area contributed by atoms with Crippen molar-refractivity contribution < 1.29 is 18.0 Å². The summed E-state index contributed by atoms with van der Waals surface area (Å²) < 4.78 is 35.5. The molecular weight excluding hydrogens is 291 g/mol. The molecule has 0 saturated carbocycles. The second-order valence-corrected chi connectivity index (χ2v) is 4.71. The number of nitrogen functional groups attached to an aromatic ring is 1. The first-order valence-corrected chi connectivity index (χ1v) is 6.06. The SMILES string of the molecule is Nc1cc(C(=O)NCCSC(F)(F)F)c(Cl)cn1. The molecule has 1 aromatic heterocycles. The van der Waals surface area contributed by atoms with Gasteiger partial charge >= 0.3 is 5.51 Å². The number of carbonyl (C=O) groups is 1. The van der Waals surface area contributed by atoms with Crippen molar-refractivity contribution in [3.8, 4) is 0 Å². The van der Waals surface area contributed by atoms with Crippen LogP contribution in [0.4, 0.5) is 19.0 Å². The van der Waals surface area contributed by atoms with Crippen molar-refractivity contribution in [2.45, 2.75) is 5.51 Å². The molecule has 0 saturated heterocycles. The van der Waals surface area contributed by atoms with Gasteiger partial charge in [0, 0.05) is 18.5 Å². The molecule has 0 radical (unpaired) electrons. The molecule has 1 amide bonds. The average Bonchev–Trinajstić information content (AvgIpc) is 2.26. The summed E-state index contributed by atoms with van der Waals surface area (Å²) in [6, 6.07) is 1.26. The van der Waals surface area contributed by atoms with Crippen molar-refractivity contribution in [2.75, 3.05) is 18.0 Å². The maximum absolute atomic E-state index is 11.8. The van der Waals surface area contributed by atoms with Crippen LogP contribution in [0.5, 0.6) is 0 Å². The Morgan fingerprint density at radius 1 is 1.56 bits per heavy atom. The highest BCUT2D eigenvalue weighted by molar-refractivity contribution is 8.00. The molecule has 0 fully saturated rings. The molecule has 1 heterocycles. The maximum atomic E-state index is 11.8. The number of halogens is 4.